The molecule has 2 rings (SSSR count). The highest BCUT2D eigenvalue weighted by molar-refractivity contribution is 5.75. The molecule has 0 spiro atoms. The lowest BCUT2D eigenvalue weighted by atomic mass is 10.0. The van der Waals surface area contributed by atoms with Crippen LogP contribution in [0.2, 0.25) is 0 Å². The summed E-state index contributed by atoms with van der Waals surface area (Å²) in [7, 11) is 0. The first-order valence-corrected chi connectivity index (χ1v) is 8.28. The first kappa shape index (κ1) is 16.0. The van der Waals surface area contributed by atoms with E-state index in [-0.39, 0.29) is 5.91 Å². The van der Waals surface area contributed by atoms with Gasteiger partial charge < -0.3 is 5.32 Å². The number of unbranched alkanes of at least 4 members (excludes halogenated alkanes) is 1. The largest absolute Gasteiger partial charge is 0.354 e. The van der Waals surface area contributed by atoms with Crippen LogP contribution in [0.1, 0.15) is 56.2 Å². The Morgan fingerprint density at radius 2 is 1.90 bits per heavy atom. The maximum absolute atomic E-state index is 11.9. The van der Waals surface area contributed by atoms with Crippen LogP contribution < -0.4 is 5.32 Å². The van der Waals surface area contributed by atoms with Crippen molar-refractivity contribution < 1.29 is 4.79 Å². The van der Waals surface area contributed by atoms with E-state index in [1.54, 1.807) is 0 Å². The van der Waals surface area contributed by atoms with Crippen LogP contribution in [-0.2, 0) is 4.79 Å². The van der Waals surface area contributed by atoms with Crippen LogP contribution in [0.3, 0.4) is 0 Å². The van der Waals surface area contributed by atoms with Crippen molar-refractivity contribution in [3.63, 3.8) is 0 Å². The number of benzene rings is 1. The molecule has 1 atom stereocenters. The molecule has 3 nitrogen and oxygen atoms in total. The van der Waals surface area contributed by atoms with E-state index in [4.69, 9.17) is 0 Å². The molecule has 1 amide bonds. The third-order valence-electron chi connectivity index (χ3n) is 4.29. The molecule has 0 radical (unpaired) electrons. The fourth-order valence-electron chi connectivity index (χ4n) is 2.94. The fourth-order valence-corrected chi connectivity index (χ4v) is 2.94. The Morgan fingerprint density at radius 3 is 2.52 bits per heavy atom. The minimum absolute atomic E-state index is 0.188. The molecule has 1 aliphatic heterocycles. The second kappa shape index (κ2) is 8.18. The molecule has 1 aromatic carbocycles. The first-order valence-electron chi connectivity index (χ1n) is 8.28. The number of carbonyl (C=O) groups is 1. The van der Waals surface area contributed by atoms with Crippen LogP contribution in [0.25, 0.3) is 0 Å². The lowest BCUT2D eigenvalue weighted by Gasteiger charge is -2.28. The van der Waals surface area contributed by atoms with Gasteiger partial charge in [-0.05, 0) is 44.8 Å². The Labute approximate surface area is 128 Å². The summed E-state index contributed by atoms with van der Waals surface area (Å²) in [6.45, 7) is 7.24. The zero-order valence-corrected chi connectivity index (χ0v) is 13.4. The van der Waals surface area contributed by atoms with Crippen molar-refractivity contribution in [3.05, 3.63) is 35.4 Å². The summed E-state index contributed by atoms with van der Waals surface area (Å²) < 4.78 is 0. The number of aryl methyl sites for hydroxylation is 1. The molecule has 1 aromatic rings. The highest BCUT2D eigenvalue weighted by Crippen LogP contribution is 2.24. The molecule has 1 fully saturated rings. The SMILES string of the molecule is CCCCC(=O)NC[C@H](c1ccc(C)cc1)N1CCCC1. The lowest BCUT2D eigenvalue weighted by molar-refractivity contribution is -0.121. The van der Waals surface area contributed by atoms with Gasteiger partial charge in [-0.2, -0.15) is 0 Å². The number of rotatable bonds is 7. The summed E-state index contributed by atoms with van der Waals surface area (Å²) in [4.78, 5) is 14.4. The van der Waals surface area contributed by atoms with E-state index < -0.39 is 0 Å². The smallest absolute Gasteiger partial charge is 0.220 e. The molecule has 3 heteroatoms. The second-order valence-corrected chi connectivity index (χ2v) is 6.08. The minimum atomic E-state index is 0.188. The van der Waals surface area contributed by atoms with Gasteiger partial charge in [-0.25, -0.2) is 0 Å². The Kier molecular flexibility index (Phi) is 6.24. The van der Waals surface area contributed by atoms with E-state index in [1.165, 1.54) is 24.0 Å². The van der Waals surface area contributed by atoms with Gasteiger partial charge >= 0.3 is 0 Å². The summed E-state index contributed by atoms with van der Waals surface area (Å²) >= 11 is 0. The van der Waals surface area contributed by atoms with Gasteiger partial charge in [-0.3, -0.25) is 9.69 Å². The Balaban J connectivity index is 1.98. The average molecular weight is 288 g/mol. The molecule has 116 valence electrons. The minimum Gasteiger partial charge on any atom is -0.354 e. The number of amides is 1. The highest BCUT2D eigenvalue weighted by Gasteiger charge is 2.23. The van der Waals surface area contributed by atoms with Crippen molar-refractivity contribution in [1.82, 2.24) is 10.2 Å². The fraction of sp³-hybridized carbons (Fsp3) is 0.611. The van der Waals surface area contributed by atoms with Crippen molar-refractivity contribution in [3.8, 4) is 0 Å². The molecular weight excluding hydrogens is 260 g/mol. The second-order valence-electron chi connectivity index (χ2n) is 6.08. The summed E-state index contributed by atoms with van der Waals surface area (Å²) in [6.07, 6.45) is 5.24. The Morgan fingerprint density at radius 1 is 1.24 bits per heavy atom. The van der Waals surface area contributed by atoms with E-state index in [9.17, 15) is 4.79 Å². The predicted molar refractivity (Wildman–Crippen MR) is 87.3 cm³/mol. The number of hydrogen-bond acceptors (Lipinski definition) is 2. The molecule has 1 heterocycles. The topological polar surface area (TPSA) is 32.3 Å². The molecule has 0 saturated carbocycles. The zero-order valence-electron chi connectivity index (χ0n) is 13.4. The van der Waals surface area contributed by atoms with Crippen LogP contribution in [0.15, 0.2) is 24.3 Å². The van der Waals surface area contributed by atoms with Crippen LogP contribution in [0.4, 0.5) is 0 Å². The number of hydrogen-bond donors (Lipinski definition) is 1. The van der Waals surface area contributed by atoms with E-state index in [2.05, 4.69) is 48.3 Å². The third kappa shape index (κ3) is 4.85. The number of likely N-dealkylation sites (tertiary alicyclic amines) is 1. The van der Waals surface area contributed by atoms with Crippen molar-refractivity contribution in [2.45, 2.75) is 52.0 Å². The summed E-state index contributed by atoms with van der Waals surface area (Å²) in [5.74, 6) is 0.188. The van der Waals surface area contributed by atoms with E-state index in [0.717, 1.165) is 32.5 Å². The van der Waals surface area contributed by atoms with Gasteiger partial charge in [0.05, 0.1) is 6.04 Å². The Hall–Kier alpha value is -1.35. The van der Waals surface area contributed by atoms with Crippen LogP contribution in [0.5, 0.6) is 0 Å². The zero-order chi connectivity index (χ0) is 15.1. The predicted octanol–water partition coefficient (Wildman–Crippen LogP) is 3.44. The van der Waals surface area contributed by atoms with Gasteiger partial charge in [0.25, 0.3) is 0 Å². The van der Waals surface area contributed by atoms with Gasteiger partial charge in [0.1, 0.15) is 0 Å². The molecule has 0 aliphatic carbocycles. The van der Waals surface area contributed by atoms with Crippen molar-refractivity contribution in [1.29, 1.82) is 0 Å². The third-order valence-corrected chi connectivity index (χ3v) is 4.29. The van der Waals surface area contributed by atoms with Gasteiger partial charge in [-0.15, -0.1) is 0 Å². The maximum Gasteiger partial charge on any atom is 0.220 e. The standard InChI is InChI=1S/C18H28N2O/c1-3-4-7-18(21)19-14-17(20-12-5-6-13-20)16-10-8-15(2)9-11-16/h8-11,17H,3-7,12-14H2,1-2H3,(H,19,21)/t17-/m1/s1. The molecule has 0 bridgehead atoms. The van der Waals surface area contributed by atoms with E-state index >= 15 is 0 Å². The van der Waals surface area contributed by atoms with Crippen molar-refractivity contribution in [2.75, 3.05) is 19.6 Å². The monoisotopic (exact) mass is 288 g/mol. The average Bonchev–Trinajstić information content (AvgIpc) is 3.01. The number of nitrogens with zero attached hydrogens (tertiary/aromatic N) is 1. The van der Waals surface area contributed by atoms with Crippen LogP contribution in [0, 0.1) is 6.92 Å². The van der Waals surface area contributed by atoms with Gasteiger partial charge in [0.2, 0.25) is 5.91 Å². The molecule has 1 aliphatic rings. The van der Waals surface area contributed by atoms with Gasteiger partial charge in [-0.1, -0.05) is 43.2 Å². The van der Waals surface area contributed by atoms with Crippen LogP contribution in [-0.4, -0.2) is 30.4 Å². The molecule has 1 saturated heterocycles. The van der Waals surface area contributed by atoms with Crippen LogP contribution >= 0.6 is 0 Å². The van der Waals surface area contributed by atoms with Crippen molar-refractivity contribution in [2.24, 2.45) is 0 Å². The summed E-state index contributed by atoms with van der Waals surface area (Å²) in [5, 5.41) is 3.13. The number of nitrogens with one attached hydrogen (secondary N) is 1. The van der Waals surface area contributed by atoms with Gasteiger partial charge in [0.15, 0.2) is 0 Å². The lowest BCUT2D eigenvalue weighted by Crippen LogP contribution is -2.36. The Bertz CT molecular complexity index is 435. The summed E-state index contributed by atoms with van der Waals surface area (Å²) in [6, 6.07) is 9.06. The molecule has 21 heavy (non-hydrogen) atoms. The quantitative estimate of drug-likeness (QED) is 0.833. The van der Waals surface area contributed by atoms with Gasteiger partial charge in [0, 0.05) is 13.0 Å². The maximum atomic E-state index is 11.9. The van der Waals surface area contributed by atoms with E-state index in [1.807, 2.05) is 0 Å². The number of carbonyl (C=O) groups excluding carboxylic acids is 1. The molecular formula is C18H28N2O. The normalized spacial score (nSPS) is 16.9. The first-order chi connectivity index (χ1) is 10.2. The highest BCUT2D eigenvalue weighted by atomic mass is 16.1. The van der Waals surface area contributed by atoms with Crippen molar-refractivity contribution >= 4 is 5.91 Å². The summed E-state index contributed by atoms with van der Waals surface area (Å²) in [5.41, 5.74) is 2.60. The molecule has 0 aromatic heterocycles. The molecule has 0 unspecified atom stereocenters. The van der Waals surface area contributed by atoms with E-state index in [0.29, 0.717) is 12.5 Å². The molecule has 1 N–H and O–H groups in total.